The minimum Gasteiger partial charge on any atom is -0.508 e. The Balaban J connectivity index is 2.07. The van der Waals surface area contributed by atoms with Gasteiger partial charge < -0.3 is 15.7 Å². The van der Waals surface area contributed by atoms with Gasteiger partial charge in [-0.2, -0.15) is 0 Å². The number of piperazine rings is 1. The molecular weight excluding hydrogens is 242 g/mol. The van der Waals surface area contributed by atoms with Crippen LogP contribution in [0.3, 0.4) is 0 Å². The summed E-state index contributed by atoms with van der Waals surface area (Å²) in [4.78, 5) is 16.5. The van der Waals surface area contributed by atoms with Gasteiger partial charge in [0.05, 0.1) is 5.56 Å². The Hall–Kier alpha value is -1.75. The van der Waals surface area contributed by atoms with Gasteiger partial charge >= 0.3 is 0 Å². The van der Waals surface area contributed by atoms with Gasteiger partial charge in [-0.15, -0.1) is 0 Å². The van der Waals surface area contributed by atoms with Crippen molar-refractivity contribution in [1.82, 2.24) is 9.80 Å². The first-order chi connectivity index (χ1) is 8.99. The van der Waals surface area contributed by atoms with Crippen LogP contribution in [0.25, 0.3) is 0 Å². The van der Waals surface area contributed by atoms with Gasteiger partial charge in [0.15, 0.2) is 0 Å². The van der Waals surface area contributed by atoms with E-state index in [2.05, 4.69) is 18.7 Å². The molecule has 19 heavy (non-hydrogen) atoms. The molecule has 0 unspecified atom stereocenters. The summed E-state index contributed by atoms with van der Waals surface area (Å²) >= 11 is 0. The zero-order valence-corrected chi connectivity index (χ0v) is 11.5. The second kappa shape index (κ2) is 5.48. The number of phenolic OH excluding ortho intramolecular Hbond substituents is 1. The molecule has 1 aliphatic rings. The Morgan fingerprint density at radius 3 is 2.47 bits per heavy atom. The number of nitrogens with zero attached hydrogens (tertiary/aromatic N) is 2. The number of phenols is 1. The van der Waals surface area contributed by atoms with Crippen LogP contribution in [0, 0.1) is 0 Å². The van der Waals surface area contributed by atoms with Crippen LogP contribution in [-0.4, -0.2) is 53.0 Å². The van der Waals surface area contributed by atoms with E-state index in [1.165, 1.54) is 12.1 Å². The van der Waals surface area contributed by atoms with Crippen LogP contribution in [0.15, 0.2) is 18.2 Å². The number of hydrogen-bond donors (Lipinski definition) is 2. The second-order valence-corrected chi connectivity index (χ2v) is 5.19. The van der Waals surface area contributed by atoms with Crippen molar-refractivity contribution < 1.29 is 9.90 Å². The molecule has 5 heteroatoms. The average molecular weight is 263 g/mol. The molecular formula is C14H21N3O2. The monoisotopic (exact) mass is 263 g/mol. The van der Waals surface area contributed by atoms with Crippen molar-refractivity contribution in [3.8, 4) is 5.75 Å². The number of anilines is 1. The van der Waals surface area contributed by atoms with Crippen molar-refractivity contribution in [2.45, 2.75) is 19.9 Å². The van der Waals surface area contributed by atoms with Gasteiger partial charge in [-0.25, -0.2) is 0 Å². The molecule has 1 heterocycles. The molecule has 0 aromatic heterocycles. The van der Waals surface area contributed by atoms with E-state index < -0.39 is 0 Å². The first kappa shape index (κ1) is 13.7. The molecule has 1 amide bonds. The van der Waals surface area contributed by atoms with Crippen molar-refractivity contribution in [2.75, 3.05) is 31.9 Å². The van der Waals surface area contributed by atoms with Gasteiger partial charge in [0.25, 0.3) is 5.91 Å². The summed E-state index contributed by atoms with van der Waals surface area (Å²) in [6.07, 6.45) is 0. The number of carbonyl (C=O) groups excluding carboxylic acids is 1. The van der Waals surface area contributed by atoms with E-state index in [-0.39, 0.29) is 11.7 Å². The zero-order chi connectivity index (χ0) is 14.0. The molecule has 0 atom stereocenters. The highest BCUT2D eigenvalue weighted by Gasteiger charge is 2.24. The van der Waals surface area contributed by atoms with E-state index in [1.807, 2.05) is 0 Å². The lowest BCUT2D eigenvalue weighted by atomic mass is 10.1. The van der Waals surface area contributed by atoms with E-state index >= 15 is 0 Å². The summed E-state index contributed by atoms with van der Waals surface area (Å²) in [6, 6.07) is 4.99. The van der Waals surface area contributed by atoms with Gasteiger partial charge in [-0.05, 0) is 32.0 Å². The third kappa shape index (κ3) is 2.98. The fraction of sp³-hybridized carbons (Fsp3) is 0.500. The van der Waals surface area contributed by atoms with Crippen LogP contribution in [0.1, 0.15) is 24.2 Å². The summed E-state index contributed by atoms with van der Waals surface area (Å²) in [7, 11) is 0. The highest BCUT2D eigenvalue weighted by atomic mass is 16.3. The summed E-state index contributed by atoms with van der Waals surface area (Å²) in [6.45, 7) is 7.47. The van der Waals surface area contributed by atoms with E-state index in [0.717, 1.165) is 13.1 Å². The molecule has 3 N–H and O–H groups in total. The second-order valence-electron chi connectivity index (χ2n) is 5.19. The Labute approximate surface area is 113 Å². The van der Waals surface area contributed by atoms with Gasteiger partial charge in [-0.3, -0.25) is 9.69 Å². The van der Waals surface area contributed by atoms with Crippen LogP contribution < -0.4 is 5.73 Å². The minimum absolute atomic E-state index is 0.0679. The third-order valence-electron chi connectivity index (χ3n) is 3.60. The Kier molecular flexibility index (Phi) is 3.95. The Bertz CT molecular complexity index is 466. The lowest BCUT2D eigenvalue weighted by Gasteiger charge is -2.37. The standard InChI is InChI=1S/C14H21N3O2/c1-10(2)16-5-7-17(8-6-16)14(19)12-9-11(18)3-4-13(12)15/h3-4,9-10,18H,5-8,15H2,1-2H3. The number of carbonyl (C=O) groups is 1. The van der Waals surface area contributed by atoms with Gasteiger partial charge in [0, 0.05) is 37.9 Å². The van der Waals surface area contributed by atoms with Gasteiger partial charge in [0.2, 0.25) is 0 Å². The van der Waals surface area contributed by atoms with Gasteiger partial charge in [0.1, 0.15) is 5.75 Å². The van der Waals surface area contributed by atoms with E-state index in [9.17, 15) is 9.90 Å². The number of hydrogen-bond acceptors (Lipinski definition) is 4. The van der Waals surface area contributed by atoms with Crippen molar-refractivity contribution in [3.63, 3.8) is 0 Å². The number of benzene rings is 1. The lowest BCUT2D eigenvalue weighted by Crippen LogP contribution is -2.50. The first-order valence-electron chi connectivity index (χ1n) is 6.61. The van der Waals surface area contributed by atoms with Crippen LogP contribution in [-0.2, 0) is 0 Å². The number of nitrogen functional groups attached to an aromatic ring is 1. The maximum atomic E-state index is 12.4. The maximum Gasteiger partial charge on any atom is 0.256 e. The fourth-order valence-corrected chi connectivity index (χ4v) is 2.34. The number of nitrogens with two attached hydrogens (primary N) is 1. The molecule has 0 aliphatic carbocycles. The third-order valence-corrected chi connectivity index (χ3v) is 3.60. The molecule has 0 bridgehead atoms. The van der Waals surface area contributed by atoms with Crippen LogP contribution in [0.4, 0.5) is 5.69 Å². The topological polar surface area (TPSA) is 69.8 Å². The quantitative estimate of drug-likeness (QED) is 0.620. The number of rotatable bonds is 2. The summed E-state index contributed by atoms with van der Waals surface area (Å²) in [5.74, 6) is -0.0322. The first-order valence-corrected chi connectivity index (χ1v) is 6.61. The predicted octanol–water partition coefficient (Wildman–Crippen LogP) is 1.14. The zero-order valence-electron chi connectivity index (χ0n) is 11.5. The van der Waals surface area contributed by atoms with Crippen molar-refractivity contribution >= 4 is 11.6 Å². The molecule has 1 aromatic rings. The molecule has 1 saturated heterocycles. The van der Waals surface area contributed by atoms with Crippen LogP contribution in [0.5, 0.6) is 5.75 Å². The number of aromatic hydroxyl groups is 1. The van der Waals surface area contributed by atoms with Crippen LogP contribution >= 0.6 is 0 Å². The van der Waals surface area contributed by atoms with Gasteiger partial charge in [-0.1, -0.05) is 0 Å². The van der Waals surface area contributed by atoms with Crippen LogP contribution in [0.2, 0.25) is 0 Å². The molecule has 5 nitrogen and oxygen atoms in total. The minimum atomic E-state index is -0.100. The maximum absolute atomic E-state index is 12.4. The highest BCUT2D eigenvalue weighted by molar-refractivity contribution is 5.99. The largest absolute Gasteiger partial charge is 0.508 e. The normalized spacial score (nSPS) is 16.9. The molecule has 0 saturated carbocycles. The highest BCUT2D eigenvalue weighted by Crippen LogP contribution is 2.21. The molecule has 0 spiro atoms. The summed E-state index contributed by atoms with van der Waals surface area (Å²) < 4.78 is 0. The van der Waals surface area contributed by atoms with E-state index in [4.69, 9.17) is 5.73 Å². The number of amides is 1. The Morgan fingerprint density at radius 1 is 1.26 bits per heavy atom. The van der Waals surface area contributed by atoms with Crippen molar-refractivity contribution in [3.05, 3.63) is 23.8 Å². The molecule has 1 fully saturated rings. The SMILES string of the molecule is CC(C)N1CCN(C(=O)c2cc(O)ccc2N)CC1. The van der Waals surface area contributed by atoms with E-state index in [1.54, 1.807) is 11.0 Å². The van der Waals surface area contributed by atoms with Crippen molar-refractivity contribution in [2.24, 2.45) is 0 Å². The Morgan fingerprint density at radius 2 is 1.89 bits per heavy atom. The average Bonchev–Trinajstić information content (AvgIpc) is 2.41. The lowest BCUT2D eigenvalue weighted by molar-refractivity contribution is 0.0596. The smallest absolute Gasteiger partial charge is 0.256 e. The molecule has 2 rings (SSSR count). The summed E-state index contributed by atoms with van der Waals surface area (Å²) in [5.41, 5.74) is 6.60. The van der Waals surface area contributed by atoms with Crippen molar-refractivity contribution in [1.29, 1.82) is 0 Å². The molecule has 104 valence electrons. The predicted molar refractivity (Wildman–Crippen MR) is 75.1 cm³/mol. The molecule has 0 radical (unpaired) electrons. The van der Waals surface area contributed by atoms with E-state index in [0.29, 0.717) is 30.4 Å². The fourth-order valence-electron chi connectivity index (χ4n) is 2.34. The molecule has 1 aromatic carbocycles. The summed E-state index contributed by atoms with van der Waals surface area (Å²) in [5, 5.41) is 9.47. The molecule has 1 aliphatic heterocycles.